The average molecular weight is 247 g/mol. The van der Waals surface area contributed by atoms with Gasteiger partial charge in [-0.15, -0.1) is 0 Å². The minimum atomic E-state index is -0.215. The number of aromatic nitrogens is 2. The summed E-state index contributed by atoms with van der Waals surface area (Å²) in [5.41, 5.74) is 1.90. The molecule has 0 aliphatic carbocycles. The summed E-state index contributed by atoms with van der Waals surface area (Å²) in [5, 5.41) is 9.47. The van der Waals surface area contributed by atoms with Gasteiger partial charge in [-0.05, 0) is 32.5 Å². The summed E-state index contributed by atoms with van der Waals surface area (Å²) in [6.45, 7) is 8.06. The molecule has 1 N–H and O–H groups in total. The lowest BCUT2D eigenvalue weighted by atomic mass is 10.0. The van der Waals surface area contributed by atoms with Gasteiger partial charge in [0.2, 0.25) is 0 Å². The van der Waals surface area contributed by atoms with E-state index in [9.17, 15) is 5.11 Å². The Morgan fingerprint density at radius 1 is 1.39 bits per heavy atom. The maximum absolute atomic E-state index is 9.47. The standard InChI is InChI=1S/C14H21N3O/c1-4-16(14(2,3)11-18)10-12-9-15-13-7-5-6-8-17(12)13/h5-9,18H,4,10-11H2,1-3H3. The highest BCUT2D eigenvalue weighted by molar-refractivity contribution is 5.39. The monoisotopic (exact) mass is 247 g/mol. The number of pyridine rings is 1. The first-order chi connectivity index (χ1) is 8.58. The van der Waals surface area contributed by atoms with Crippen molar-refractivity contribution in [3.63, 3.8) is 0 Å². The van der Waals surface area contributed by atoms with Crippen LogP contribution in [0.2, 0.25) is 0 Å². The van der Waals surface area contributed by atoms with Crippen molar-refractivity contribution in [1.29, 1.82) is 0 Å². The van der Waals surface area contributed by atoms with Gasteiger partial charge in [-0.3, -0.25) is 4.90 Å². The zero-order chi connectivity index (χ0) is 13.2. The van der Waals surface area contributed by atoms with Crippen LogP contribution in [0.1, 0.15) is 26.5 Å². The van der Waals surface area contributed by atoms with Crippen LogP contribution < -0.4 is 0 Å². The van der Waals surface area contributed by atoms with Gasteiger partial charge in [-0.2, -0.15) is 0 Å². The zero-order valence-electron chi connectivity index (χ0n) is 11.3. The van der Waals surface area contributed by atoms with Crippen LogP contribution in [0.5, 0.6) is 0 Å². The van der Waals surface area contributed by atoms with Crippen molar-refractivity contribution in [2.75, 3.05) is 13.2 Å². The van der Waals surface area contributed by atoms with Crippen molar-refractivity contribution in [3.8, 4) is 0 Å². The summed E-state index contributed by atoms with van der Waals surface area (Å²) in [6.07, 6.45) is 3.93. The molecule has 0 aliphatic rings. The Hall–Kier alpha value is -1.39. The molecule has 2 aromatic rings. The van der Waals surface area contributed by atoms with Gasteiger partial charge in [-0.1, -0.05) is 13.0 Å². The third-order valence-corrected chi connectivity index (χ3v) is 3.47. The second-order valence-electron chi connectivity index (χ2n) is 5.16. The Morgan fingerprint density at radius 3 is 2.83 bits per heavy atom. The molecule has 0 saturated heterocycles. The number of aliphatic hydroxyl groups excluding tert-OH is 1. The van der Waals surface area contributed by atoms with E-state index >= 15 is 0 Å². The number of hydrogen-bond donors (Lipinski definition) is 1. The number of fused-ring (bicyclic) bond motifs is 1. The third-order valence-electron chi connectivity index (χ3n) is 3.47. The second kappa shape index (κ2) is 5.08. The van der Waals surface area contributed by atoms with E-state index in [2.05, 4.69) is 35.1 Å². The first-order valence-electron chi connectivity index (χ1n) is 6.35. The average Bonchev–Trinajstić information content (AvgIpc) is 2.79. The van der Waals surface area contributed by atoms with Crippen molar-refractivity contribution in [2.45, 2.75) is 32.9 Å². The summed E-state index contributed by atoms with van der Waals surface area (Å²) in [5.74, 6) is 0. The Balaban J connectivity index is 2.27. The molecule has 0 fully saturated rings. The van der Waals surface area contributed by atoms with Crippen molar-refractivity contribution >= 4 is 5.65 Å². The van der Waals surface area contributed by atoms with E-state index in [1.807, 2.05) is 30.6 Å². The van der Waals surface area contributed by atoms with Gasteiger partial charge >= 0.3 is 0 Å². The van der Waals surface area contributed by atoms with Crippen LogP contribution in [0.4, 0.5) is 0 Å². The van der Waals surface area contributed by atoms with Crippen LogP contribution in [0.3, 0.4) is 0 Å². The molecule has 2 heterocycles. The maximum Gasteiger partial charge on any atom is 0.136 e. The first-order valence-corrected chi connectivity index (χ1v) is 6.35. The van der Waals surface area contributed by atoms with E-state index in [1.54, 1.807) is 0 Å². The summed E-state index contributed by atoms with van der Waals surface area (Å²) in [4.78, 5) is 6.64. The van der Waals surface area contributed by atoms with Gasteiger partial charge in [0.15, 0.2) is 0 Å². The molecule has 0 amide bonds. The smallest absolute Gasteiger partial charge is 0.136 e. The molecular weight excluding hydrogens is 226 g/mol. The van der Waals surface area contributed by atoms with Gasteiger partial charge in [0.1, 0.15) is 5.65 Å². The highest BCUT2D eigenvalue weighted by Gasteiger charge is 2.25. The van der Waals surface area contributed by atoms with E-state index in [0.717, 1.165) is 24.4 Å². The Kier molecular flexibility index (Phi) is 3.68. The molecule has 0 radical (unpaired) electrons. The molecule has 0 atom stereocenters. The summed E-state index contributed by atoms with van der Waals surface area (Å²) in [7, 11) is 0. The van der Waals surface area contributed by atoms with E-state index in [4.69, 9.17) is 0 Å². The Morgan fingerprint density at radius 2 is 2.17 bits per heavy atom. The number of nitrogens with zero attached hydrogens (tertiary/aromatic N) is 3. The van der Waals surface area contributed by atoms with E-state index in [0.29, 0.717) is 0 Å². The number of hydrogen-bond acceptors (Lipinski definition) is 3. The van der Waals surface area contributed by atoms with Crippen molar-refractivity contribution < 1.29 is 5.11 Å². The molecule has 4 heteroatoms. The lowest BCUT2D eigenvalue weighted by Crippen LogP contribution is -2.46. The van der Waals surface area contributed by atoms with Crippen LogP contribution in [0.25, 0.3) is 5.65 Å². The Bertz CT molecular complexity index is 518. The van der Waals surface area contributed by atoms with Crippen LogP contribution >= 0.6 is 0 Å². The second-order valence-corrected chi connectivity index (χ2v) is 5.16. The van der Waals surface area contributed by atoms with Gasteiger partial charge in [0.25, 0.3) is 0 Å². The number of rotatable bonds is 5. The van der Waals surface area contributed by atoms with E-state index in [-0.39, 0.29) is 12.1 Å². The fourth-order valence-corrected chi connectivity index (χ4v) is 2.15. The highest BCUT2D eigenvalue weighted by atomic mass is 16.3. The van der Waals surface area contributed by atoms with E-state index < -0.39 is 0 Å². The predicted octanol–water partition coefficient (Wildman–Crippen LogP) is 1.93. The summed E-state index contributed by atoms with van der Waals surface area (Å²) < 4.78 is 2.09. The molecule has 2 rings (SSSR count). The molecule has 0 spiro atoms. The molecule has 18 heavy (non-hydrogen) atoms. The normalized spacial score (nSPS) is 12.5. The SMILES string of the molecule is CCN(Cc1cnc2ccccn12)C(C)(C)CO. The van der Waals surface area contributed by atoms with Crippen LogP contribution in [0, 0.1) is 0 Å². The van der Waals surface area contributed by atoms with Gasteiger partial charge in [-0.25, -0.2) is 4.98 Å². The summed E-state index contributed by atoms with van der Waals surface area (Å²) >= 11 is 0. The van der Waals surface area contributed by atoms with Crippen LogP contribution in [0.15, 0.2) is 30.6 Å². The van der Waals surface area contributed by atoms with E-state index in [1.165, 1.54) is 0 Å². The quantitative estimate of drug-likeness (QED) is 0.877. The fourth-order valence-electron chi connectivity index (χ4n) is 2.15. The fraction of sp³-hybridized carbons (Fsp3) is 0.500. The number of likely N-dealkylation sites (N-methyl/N-ethyl adjacent to an activating group) is 1. The van der Waals surface area contributed by atoms with Crippen molar-refractivity contribution in [2.24, 2.45) is 0 Å². The molecule has 0 aliphatic heterocycles. The van der Waals surface area contributed by atoms with Gasteiger partial charge in [0.05, 0.1) is 18.5 Å². The molecule has 0 unspecified atom stereocenters. The zero-order valence-corrected chi connectivity index (χ0v) is 11.3. The molecule has 2 aromatic heterocycles. The Labute approximate surface area is 108 Å². The third kappa shape index (κ3) is 2.40. The van der Waals surface area contributed by atoms with Crippen molar-refractivity contribution in [1.82, 2.24) is 14.3 Å². The molecular formula is C14H21N3O. The molecule has 0 bridgehead atoms. The van der Waals surface area contributed by atoms with Gasteiger partial charge < -0.3 is 9.51 Å². The molecule has 4 nitrogen and oxygen atoms in total. The van der Waals surface area contributed by atoms with Crippen molar-refractivity contribution in [3.05, 3.63) is 36.3 Å². The molecule has 0 aromatic carbocycles. The maximum atomic E-state index is 9.47. The minimum absolute atomic E-state index is 0.150. The topological polar surface area (TPSA) is 40.8 Å². The highest BCUT2D eigenvalue weighted by Crippen LogP contribution is 2.17. The molecule has 98 valence electrons. The lowest BCUT2D eigenvalue weighted by molar-refractivity contribution is 0.0540. The first kappa shape index (κ1) is 13.1. The number of imidazole rings is 1. The van der Waals surface area contributed by atoms with Crippen LogP contribution in [-0.4, -0.2) is 38.1 Å². The largest absolute Gasteiger partial charge is 0.394 e. The summed E-state index contributed by atoms with van der Waals surface area (Å²) in [6, 6.07) is 5.99. The number of aliphatic hydroxyl groups is 1. The predicted molar refractivity (Wildman–Crippen MR) is 72.4 cm³/mol. The minimum Gasteiger partial charge on any atom is -0.394 e. The van der Waals surface area contributed by atoms with Crippen LogP contribution in [-0.2, 0) is 6.54 Å². The lowest BCUT2D eigenvalue weighted by Gasteiger charge is -2.36. The van der Waals surface area contributed by atoms with Gasteiger partial charge in [0, 0.05) is 18.3 Å². The molecule has 0 saturated carbocycles.